The lowest BCUT2D eigenvalue weighted by atomic mass is 10.3. The fourth-order valence-electron chi connectivity index (χ4n) is 1.53. The zero-order chi connectivity index (χ0) is 12.0. The number of nitrogens with two attached hydrogens (primary N) is 1. The number of aryl methyl sites for hydroxylation is 1. The molecule has 1 heterocycles. The molecule has 0 radical (unpaired) electrons. The van der Waals surface area contributed by atoms with Crippen molar-refractivity contribution in [3.8, 4) is 0 Å². The van der Waals surface area contributed by atoms with Gasteiger partial charge in [-0.2, -0.15) is 0 Å². The van der Waals surface area contributed by atoms with E-state index in [1.807, 2.05) is 4.57 Å². The lowest BCUT2D eigenvalue weighted by molar-refractivity contribution is 0.0945. The number of rotatable bonds is 6. The summed E-state index contributed by atoms with van der Waals surface area (Å²) in [5.74, 6) is -0.0769. The van der Waals surface area contributed by atoms with Crippen LogP contribution in [0.3, 0.4) is 0 Å². The highest BCUT2D eigenvalue weighted by Crippen LogP contribution is 2.11. The molecule has 0 spiro atoms. The monoisotopic (exact) mass is 221 g/mol. The molecule has 0 aliphatic carbocycles. The van der Waals surface area contributed by atoms with Gasteiger partial charge in [-0.1, -0.05) is 13.0 Å². The van der Waals surface area contributed by atoms with Crippen LogP contribution < -0.4 is 11.1 Å². The van der Waals surface area contributed by atoms with Gasteiger partial charge in [0.05, 0.1) is 5.69 Å². The van der Waals surface area contributed by atoms with Crippen LogP contribution in [0.25, 0.3) is 0 Å². The zero-order valence-electron chi connectivity index (χ0n) is 9.70. The molecule has 88 valence electrons. The van der Waals surface area contributed by atoms with Crippen LogP contribution >= 0.6 is 0 Å². The van der Waals surface area contributed by atoms with Crippen molar-refractivity contribution in [1.82, 2.24) is 9.88 Å². The first-order valence-electron chi connectivity index (χ1n) is 5.53. The molecule has 0 aliphatic heterocycles. The van der Waals surface area contributed by atoms with Gasteiger partial charge < -0.3 is 15.6 Å². The number of carbonyl (C=O) groups is 1. The van der Waals surface area contributed by atoms with E-state index in [4.69, 9.17) is 5.73 Å². The van der Waals surface area contributed by atoms with Crippen molar-refractivity contribution in [2.45, 2.75) is 26.3 Å². The third-order valence-corrected chi connectivity index (χ3v) is 2.25. The minimum Gasteiger partial charge on any atom is -0.397 e. The summed E-state index contributed by atoms with van der Waals surface area (Å²) in [6, 6.07) is 1.71. The minimum absolute atomic E-state index is 0.0769. The predicted octanol–water partition coefficient (Wildman–Crippen LogP) is 1.79. The quantitative estimate of drug-likeness (QED) is 0.568. The highest BCUT2D eigenvalue weighted by molar-refractivity contribution is 5.93. The molecular formula is C12H19N3O. The highest BCUT2D eigenvalue weighted by Gasteiger charge is 2.11. The molecule has 0 unspecified atom stereocenters. The number of nitrogen functional groups attached to an aromatic ring is 1. The number of nitrogens with one attached hydrogen (secondary N) is 1. The Morgan fingerprint density at radius 1 is 1.69 bits per heavy atom. The summed E-state index contributed by atoms with van der Waals surface area (Å²) < 4.78 is 1.89. The van der Waals surface area contributed by atoms with E-state index in [2.05, 4.69) is 18.8 Å². The van der Waals surface area contributed by atoms with Gasteiger partial charge in [0.25, 0.3) is 5.91 Å². The summed E-state index contributed by atoms with van der Waals surface area (Å²) >= 11 is 0. The van der Waals surface area contributed by atoms with E-state index in [9.17, 15) is 4.79 Å². The summed E-state index contributed by atoms with van der Waals surface area (Å²) in [6.45, 7) is 7.09. The van der Waals surface area contributed by atoms with Crippen molar-refractivity contribution < 1.29 is 4.79 Å². The van der Waals surface area contributed by atoms with Crippen LogP contribution in [0.1, 0.15) is 30.3 Å². The molecular weight excluding hydrogens is 202 g/mol. The number of anilines is 1. The summed E-state index contributed by atoms with van der Waals surface area (Å²) in [6.07, 6.45) is 5.32. The maximum Gasteiger partial charge on any atom is 0.267 e. The predicted molar refractivity (Wildman–Crippen MR) is 66.3 cm³/mol. The second-order valence-corrected chi connectivity index (χ2v) is 3.69. The first kappa shape index (κ1) is 12.4. The Kier molecular flexibility index (Phi) is 4.64. The number of carbonyl (C=O) groups excluding carboxylic acids is 1. The molecule has 0 saturated heterocycles. The van der Waals surface area contributed by atoms with E-state index in [0.717, 1.165) is 19.4 Å². The largest absolute Gasteiger partial charge is 0.397 e. The van der Waals surface area contributed by atoms with Gasteiger partial charge in [0.1, 0.15) is 5.69 Å². The van der Waals surface area contributed by atoms with E-state index in [1.54, 1.807) is 18.3 Å². The third-order valence-electron chi connectivity index (χ3n) is 2.25. The van der Waals surface area contributed by atoms with Crippen molar-refractivity contribution in [3.05, 3.63) is 30.6 Å². The molecule has 4 nitrogen and oxygen atoms in total. The Bertz CT molecular complexity index is 368. The average Bonchev–Trinajstić information content (AvgIpc) is 2.60. The molecule has 1 rings (SSSR count). The van der Waals surface area contributed by atoms with Crippen molar-refractivity contribution >= 4 is 11.6 Å². The Balaban J connectivity index is 2.69. The molecule has 1 aromatic heterocycles. The average molecular weight is 221 g/mol. The zero-order valence-corrected chi connectivity index (χ0v) is 9.70. The highest BCUT2D eigenvalue weighted by atomic mass is 16.1. The molecule has 4 heteroatoms. The van der Waals surface area contributed by atoms with Crippen LogP contribution in [-0.2, 0) is 6.54 Å². The molecule has 0 aromatic carbocycles. The summed E-state index contributed by atoms with van der Waals surface area (Å²) in [5, 5.41) is 2.83. The van der Waals surface area contributed by atoms with E-state index < -0.39 is 0 Å². The van der Waals surface area contributed by atoms with Crippen LogP contribution in [0.2, 0.25) is 0 Å². The fourth-order valence-corrected chi connectivity index (χ4v) is 1.53. The minimum atomic E-state index is -0.0769. The molecule has 0 atom stereocenters. The van der Waals surface area contributed by atoms with Crippen molar-refractivity contribution in [2.75, 3.05) is 12.3 Å². The van der Waals surface area contributed by atoms with Gasteiger partial charge in [-0.25, -0.2) is 0 Å². The first-order valence-corrected chi connectivity index (χ1v) is 5.53. The Morgan fingerprint density at radius 3 is 3.06 bits per heavy atom. The number of hydrogen-bond acceptors (Lipinski definition) is 2. The molecule has 0 saturated carbocycles. The van der Waals surface area contributed by atoms with Crippen LogP contribution in [0.4, 0.5) is 5.69 Å². The molecule has 1 aromatic rings. The number of aromatic nitrogens is 1. The van der Waals surface area contributed by atoms with Gasteiger partial charge in [0.2, 0.25) is 0 Å². The lowest BCUT2D eigenvalue weighted by Gasteiger charge is -2.07. The molecule has 0 fully saturated rings. The normalized spacial score (nSPS) is 10.1. The van der Waals surface area contributed by atoms with Crippen LogP contribution in [-0.4, -0.2) is 17.0 Å². The van der Waals surface area contributed by atoms with Gasteiger partial charge in [0.15, 0.2) is 0 Å². The SMILES string of the molecule is C=CCCNC(=O)c1cc(N)cn1CCC. The van der Waals surface area contributed by atoms with Gasteiger partial charge in [-0.15, -0.1) is 6.58 Å². The first-order chi connectivity index (χ1) is 7.69. The molecule has 0 aliphatic rings. The van der Waals surface area contributed by atoms with Crippen LogP contribution in [0, 0.1) is 0 Å². The molecule has 16 heavy (non-hydrogen) atoms. The van der Waals surface area contributed by atoms with Crippen molar-refractivity contribution in [1.29, 1.82) is 0 Å². The van der Waals surface area contributed by atoms with Gasteiger partial charge >= 0.3 is 0 Å². The van der Waals surface area contributed by atoms with E-state index >= 15 is 0 Å². The van der Waals surface area contributed by atoms with Crippen molar-refractivity contribution in [2.24, 2.45) is 0 Å². The second kappa shape index (κ2) is 6.00. The Hall–Kier alpha value is -1.71. The summed E-state index contributed by atoms with van der Waals surface area (Å²) in [5.41, 5.74) is 6.94. The maximum atomic E-state index is 11.8. The van der Waals surface area contributed by atoms with Gasteiger partial charge in [0, 0.05) is 19.3 Å². The van der Waals surface area contributed by atoms with Crippen LogP contribution in [0.15, 0.2) is 24.9 Å². The number of hydrogen-bond donors (Lipinski definition) is 2. The van der Waals surface area contributed by atoms with Crippen molar-refractivity contribution in [3.63, 3.8) is 0 Å². The van der Waals surface area contributed by atoms with Crippen LogP contribution in [0.5, 0.6) is 0 Å². The van der Waals surface area contributed by atoms with E-state index in [0.29, 0.717) is 17.9 Å². The standard InChI is InChI=1S/C12H19N3O/c1-3-5-6-14-12(16)11-8-10(13)9-15(11)7-4-2/h3,8-9H,1,4-7,13H2,2H3,(H,14,16). The Morgan fingerprint density at radius 2 is 2.44 bits per heavy atom. The smallest absolute Gasteiger partial charge is 0.267 e. The van der Waals surface area contributed by atoms with Gasteiger partial charge in [-0.3, -0.25) is 4.79 Å². The topological polar surface area (TPSA) is 60.1 Å². The summed E-state index contributed by atoms with van der Waals surface area (Å²) in [7, 11) is 0. The van der Waals surface area contributed by atoms with E-state index in [-0.39, 0.29) is 5.91 Å². The van der Waals surface area contributed by atoms with Gasteiger partial charge in [-0.05, 0) is 18.9 Å². The fraction of sp³-hybridized carbons (Fsp3) is 0.417. The van der Waals surface area contributed by atoms with E-state index in [1.165, 1.54) is 0 Å². The molecule has 0 bridgehead atoms. The summed E-state index contributed by atoms with van der Waals surface area (Å²) in [4.78, 5) is 11.8. The molecule has 1 amide bonds. The number of nitrogens with zero attached hydrogens (tertiary/aromatic N) is 1. The lowest BCUT2D eigenvalue weighted by Crippen LogP contribution is -2.26. The maximum absolute atomic E-state index is 11.8. The Labute approximate surface area is 96.1 Å². The number of amides is 1. The third kappa shape index (κ3) is 3.15. The second-order valence-electron chi connectivity index (χ2n) is 3.69. The molecule has 3 N–H and O–H groups in total.